The lowest BCUT2D eigenvalue weighted by Crippen LogP contribution is -1.95. The van der Waals surface area contributed by atoms with Gasteiger partial charge in [0.2, 0.25) is 6.79 Å². The van der Waals surface area contributed by atoms with E-state index in [0.29, 0.717) is 0 Å². The standard InChI is InChI=1S/C20H16N4O2S2/c1-24-18(14-7-8-16-17(9-14)26-12-25-16)22-23-20(24)28-11-15-10-27-19(21-15)13-5-3-2-4-6-13/h2-10H,11-12H2,1H3. The molecule has 0 aliphatic carbocycles. The molecule has 1 aliphatic rings. The number of hydrogen-bond acceptors (Lipinski definition) is 7. The first-order valence-corrected chi connectivity index (χ1v) is 10.6. The topological polar surface area (TPSA) is 62.1 Å². The Morgan fingerprint density at radius 1 is 1.04 bits per heavy atom. The van der Waals surface area contributed by atoms with Crippen LogP contribution in [0.15, 0.2) is 59.1 Å². The van der Waals surface area contributed by atoms with Gasteiger partial charge in [0.1, 0.15) is 5.01 Å². The third-order valence-corrected chi connectivity index (χ3v) is 6.38. The van der Waals surface area contributed by atoms with Gasteiger partial charge in [-0.15, -0.1) is 21.5 Å². The van der Waals surface area contributed by atoms with E-state index in [1.807, 2.05) is 48.0 Å². The number of benzene rings is 2. The molecular formula is C20H16N4O2S2. The average Bonchev–Trinajstić information content (AvgIpc) is 3.46. The van der Waals surface area contributed by atoms with Crippen molar-refractivity contribution in [3.63, 3.8) is 0 Å². The highest BCUT2D eigenvalue weighted by molar-refractivity contribution is 7.98. The maximum atomic E-state index is 5.46. The molecule has 0 atom stereocenters. The van der Waals surface area contributed by atoms with E-state index in [4.69, 9.17) is 14.5 Å². The molecule has 28 heavy (non-hydrogen) atoms. The summed E-state index contributed by atoms with van der Waals surface area (Å²) in [5, 5.41) is 12.7. The van der Waals surface area contributed by atoms with Crippen LogP contribution in [-0.4, -0.2) is 26.5 Å². The zero-order valence-corrected chi connectivity index (χ0v) is 16.7. The Labute approximate surface area is 170 Å². The second-order valence-corrected chi connectivity index (χ2v) is 8.03. The highest BCUT2D eigenvalue weighted by Gasteiger charge is 2.17. The smallest absolute Gasteiger partial charge is 0.231 e. The summed E-state index contributed by atoms with van der Waals surface area (Å²) in [4.78, 5) is 4.74. The summed E-state index contributed by atoms with van der Waals surface area (Å²) in [6.45, 7) is 0.261. The van der Waals surface area contributed by atoms with Crippen LogP contribution in [0.1, 0.15) is 5.69 Å². The molecule has 0 spiro atoms. The van der Waals surface area contributed by atoms with Gasteiger partial charge in [-0.3, -0.25) is 0 Å². The Kier molecular flexibility index (Phi) is 4.50. The van der Waals surface area contributed by atoms with Gasteiger partial charge in [-0.25, -0.2) is 4.98 Å². The van der Waals surface area contributed by atoms with Gasteiger partial charge in [0.15, 0.2) is 22.5 Å². The minimum absolute atomic E-state index is 0.261. The molecule has 2 aromatic heterocycles. The van der Waals surface area contributed by atoms with Crippen LogP contribution in [-0.2, 0) is 12.8 Å². The molecule has 0 bridgehead atoms. The molecule has 6 nitrogen and oxygen atoms in total. The Hall–Kier alpha value is -2.84. The highest BCUT2D eigenvalue weighted by atomic mass is 32.2. The number of ether oxygens (including phenoxy) is 2. The lowest BCUT2D eigenvalue weighted by atomic mass is 10.2. The molecule has 0 saturated heterocycles. The average molecular weight is 409 g/mol. The molecule has 8 heteroatoms. The third kappa shape index (κ3) is 3.25. The predicted octanol–water partition coefficient (Wildman–Crippen LogP) is 4.63. The van der Waals surface area contributed by atoms with Crippen molar-refractivity contribution in [2.45, 2.75) is 10.9 Å². The molecule has 5 rings (SSSR count). The van der Waals surface area contributed by atoms with Gasteiger partial charge in [0.05, 0.1) is 5.69 Å². The van der Waals surface area contributed by atoms with Crippen LogP contribution in [0.3, 0.4) is 0 Å². The van der Waals surface area contributed by atoms with Gasteiger partial charge in [-0.1, -0.05) is 42.1 Å². The van der Waals surface area contributed by atoms with Crippen molar-refractivity contribution in [1.29, 1.82) is 0 Å². The number of hydrogen-bond donors (Lipinski definition) is 0. The lowest BCUT2D eigenvalue weighted by molar-refractivity contribution is 0.174. The number of thioether (sulfide) groups is 1. The first-order valence-electron chi connectivity index (χ1n) is 8.70. The Balaban J connectivity index is 1.31. The van der Waals surface area contributed by atoms with E-state index in [1.54, 1.807) is 23.1 Å². The summed E-state index contributed by atoms with van der Waals surface area (Å²) in [6.07, 6.45) is 0. The minimum atomic E-state index is 0.261. The summed E-state index contributed by atoms with van der Waals surface area (Å²) in [5.74, 6) is 3.05. The number of aromatic nitrogens is 4. The van der Waals surface area contributed by atoms with E-state index >= 15 is 0 Å². The zero-order valence-electron chi connectivity index (χ0n) is 15.0. The first-order chi connectivity index (χ1) is 13.8. The van der Waals surface area contributed by atoms with Gasteiger partial charge in [-0.2, -0.15) is 0 Å². The van der Waals surface area contributed by atoms with Crippen LogP contribution >= 0.6 is 23.1 Å². The molecule has 0 amide bonds. The van der Waals surface area contributed by atoms with E-state index < -0.39 is 0 Å². The second kappa shape index (κ2) is 7.29. The second-order valence-electron chi connectivity index (χ2n) is 6.23. The van der Waals surface area contributed by atoms with Crippen LogP contribution in [0.5, 0.6) is 11.5 Å². The van der Waals surface area contributed by atoms with Crippen LogP contribution < -0.4 is 9.47 Å². The summed E-state index contributed by atoms with van der Waals surface area (Å²) < 4.78 is 12.8. The molecule has 0 saturated carbocycles. The van der Waals surface area contributed by atoms with Crippen molar-refractivity contribution in [2.75, 3.05) is 6.79 Å². The van der Waals surface area contributed by atoms with Crippen molar-refractivity contribution >= 4 is 23.1 Å². The third-order valence-electron chi connectivity index (χ3n) is 4.39. The van der Waals surface area contributed by atoms with Gasteiger partial charge in [0.25, 0.3) is 0 Å². The van der Waals surface area contributed by atoms with E-state index in [1.165, 1.54) is 0 Å². The number of fused-ring (bicyclic) bond motifs is 1. The number of nitrogens with zero attached hydrogens (tertiary/aromatic N) is 4. The molecule has 4 aromatic rings. The van der Waals surface area contributed by atoms with Crippen molar-refractivity contribution in [1.82, 2.24) is 19.7 Å². The maximum Gasteiger partial charge on any atom is 0.231 e. The van der Waals surface area contributed by atoms with Gasteiger partial charge in [-0.05, 0) is 18.2 Å². The lowest BCUT2D eigenvalue weighted by Gasteiger charge is -2.04. The molecule has 0 fully saturated rings. The molecule has 0 unspecified atom stereocenters. The van der Waals surface area contributed by atoms with Crippen LogP contribution in [0.25, 0.3) is 22.0 Å². The summed E-state index contributed by atoms with van der Waals surface area (Å²) in [5.41, 5.74) is 3.14. The van der Waals surface area contributed by atoms with Crippen molar-refractivity contribution in [3.05, 3.63) is 59.6 Å². The SMILES string of the molecule is Cn1c(SCc2csc(-c3ccccc3)n2)nnc1-c1ccc2c(c1)OCO2. The fourth-order valence-electron chi connectivity index (χ4n) is 2.95. The fourth-order valence-corrected chi connectivity index (χ4v) is 4.69. The molecule has 1 aliphatic heterocycles. The molecular weight excluding hydrogens is 392 g/mol. The van der Waals surface area contributed by atoms with Crippen molar-refractivity contribution in [2.24, 2.45) is 7.05 Å². The number of thiazole rings is 1. The summed E-state index contributed by atoms with van der Waals surface area (Å²) in [7, 11) is 1.97. The summed E-state index contributed by atoms with van der Waals surface area (Å²) in [6, 6.07) is 16.0. The van der Waals surface area contributed by atoms with Crippen LogP contribution in [0.4, 0.5) is 0 Å². The largest absolute Gasteiger partial charge is 0.454 e. The van der Waals surface area contributed by atoms with E-state index in [2.05, 4.69) is 27.7 Å². The highest BCUT2D eigenvalue weighted by Crippen LogP contribution is 2.36. The molecule has 2 aromatic carbocycles. The first kappa shape index (κ1) is 17.3. The predicted molar refractivity (Wildman–Crippen MR) is 110 cm³/mol. The quantitative estimate of drug-likeness (QED) is 0.449. The fraction of sp³-hybridized carbons (Fsp3) is 0.150. The molecule has 140 valence electrons. The summed E-state index contributed by atoms with van der Waals surface area (Å²) >= 11 is 3.29. The van der Waals surface area contributed by atoms with Gasteiger partial charge in [0, 0.05) is 29.3 Å². The minimum Gasteiger partial charge on any atom is -0.454 e. The van der Waals surface area contributed by atoms with Crippen molar-refractivity contribution < 1.29 is 9.47 Å². The van der Waals surface area contributed by atoms with Gasteiger partial charge >= 0.3 is 0 Å². The van der Waals surface area contributed by atoms with E-state index in [-0.39, 0.29) is 6.79 Å². The Bertz CT molecular complexity index is 1120. The Morgan fingerprint density at radius 2 is 1.89 bits per heavy atom. The molecule has 0 radical (unpaired) electrons. The number of rotatable bonds is 5. The maximum absolute atomic E-state index is 5.46. The molecule has 3 heterocycles. The van der Waals surface area contributed by atoms with E-state index in [0.717, 1.165) is 50.1 Å². The normalized spacial score (nSPS) is 12.5. The Morgan fingerprint density at radius 3 is 2.79 bits per heavy atom. The van der Waals surface area contributed by atoms with Gasteiger partial charge < -0.3 is 14.0 Å². The van der Waals surface area contributed by atoms with E-state index in [9.17, 15) is 0 Å². The monoisotopic (exact) mass is 408 g/mol. The van der Waals surface area contributed by atoms with Crippen LogP contribution in [0.2, 0.25) is 0 Å². The van der Waals surface area contributed by atoms with Crippen LogP contribution in [0, 0.1) is 0 Å². The molecule has 0 N–H and O–H groups in total. The van der Waals surface area contributed by atoms with Crippen molar-refractivity contribution in [3.8, 4) is 33.5 Å². The zero-order chi connectivity index (χ0) is 18.9.